The summed E-state index contributed by atoms with van der Waals surface area (Å²) in [5, 5.41) is 6.99. The number of hydrogen-bond donors (Lipinski definition) is 1. The van der Waals surface area contributed by atoms with Gasteiger partial charge in [-0.25, -0.2) is 4.68 Å². The van der Waals surface area contributed by atoms with Crippen LogP contribution in [0.15, 0.2) is 11.0 Å². The van der Waals surface area contributed by atoms with Crippen LogP contribution in [-0.4, -0.2) is 42.1 Å². The van der Waals surface area contributed by atoms with E-state index >= 15 is 0 Å². The van der Waals surface area contributed by atoms with Gasteiger partial charge < -0.3 is 14.8 Å². The van der Waals surface area contributed by atoms with Gasteiger partial charge in [-0.1, -0.05) is 11.6 Å². The number of aromatic nitrogens is 2. The Morgan fingerprint density at radius 3 is 3.14 bits per heavy atom. The SMILES string of the molecule is COC(=O)Cn1ncc(NCCC2CCCO2)c(Cl)c1=O. The van der Waals surface area contributed by atoms with Crippen molar-refractivity contribution in [2.45, 2.75) is 31.9 Å². The van der Waals surface area contributed by atoms with Gasteiger partial charge in [0, 0.05) is 13.2 Å². The molecule has 116 valence electrons. The summed E-state index contributed by atoms with van der Waals surface area (Å²) >= 11 is 6.00. The lowest BCUT2D eigenvalue weighted by Crippen LogP contribution is -2.28. The van der Waals surface area contributed by atoms with Crippen LogP contribution in [0.5, 0.6) is 0 Å². The second kappa shape index (κ2) is 7.42. The van der Waals surface area contributed by atoms with Crippen LogP contribution in [0.25, 0.3) is 0 Å². The van der Waals surface area contributed by atoms with Gasteiger partial charge in [0.05, 0.1) is 25.1 Å². The van der Waals surface area contributed by atoms with E-state index in [1.54, 1.807) is 0 Å². The molecule has 1 N–H and O–H groups in total. The zero-order valence-electron chi connectivity index (χ0n) is 11.8. The predicted octanol–water partition coefficient (Wildman–Crippen LogP) is 1.05. The van der Waals surface area contributed by atoms with Crippen molar-refractivity contribution in [2.24, 2.45) is 0 Å². The number of esters is 1. The van der Waals surface area contributed by atoms with Gasteiger partial charge in [-0.15, -0.1) is 0 Å². The summed E-state index contributed by atoms with van der Waals surface area (Å²) in [6.07, 6.45) is 4.71. The molecule has 1 aliphatic rings. The van der Waals surface area contributed by atoms with E-state index in [9.17, 15) is 9.59 Å². The molecule has 8 heteroatoms. The summed E-state index contributed by atoms with van der Waals surface area (Å²) < 4.78 is 11.0. The minimum absolute atomic E-state index is 0.0150. The number of anilines is 1. The van der Waals surface area contributed by atoms with Crippen molar-refractivity contribution in [1.29, 1.82) is 0 Å². The Hall–Kier alpha value is -1.60. The molecule has 2 rings (SSSR count). The summed E-state index contributed by atoms with van der Waals surface area (Å²) in [7, 11) is 1.25. The van der Waals surface area contributed by atoms with Gasteiger partial charge >= 0.3 is 5.97 Å². The first-order valence-corrected chi connectivity index (χ1v) is 7.17. The van der Waals surface area contributed by atoms with E-state index in [0.29, 0.717) is 12.2 Å². The van der Waals surface area contributed by atoms with Gasteiger partial charge in [-0.05, 0) is 19.3 Å². The minimum Gasteiger partial charge on any atom is -0.468 e. The smallest absolute Gasteiger partial charge is 0.327 e. The summed E-state index contributed by atoms with van der Waals surface area (Å²) in [5.41, 5.74) is -0.0648. The van der Waals surface area contributed by atoms with Gasteiger partial charge in [0.2, 0.25) is 0 Å². The number of halogens is 1. The van der Waals surface area contributed by atoms with Gasteiger partial charge in [0.15, 0.2) is 0 Å². The molecule has 0 amide bonds. The Bertz CT molecular complexity index is 555. The molecule has 0 aliphatic carbocycles. The maximum atomic E-state index is 12.0. The van der Waals surface area contributed by atoms with Crippen LogP contribution >= 0.6 is 11.6 Å². The highest BCUT2D eigenvalue weighted by molar-refractivity contribution is 6.32. The van der Waals surface area contributed by atoms with Crippen LogP contribution in [0.1, 0.15) is 19.3 Å². The lowest BCUT2D eigenvalue weighted by Gasteiger charge is -2.12. The first-order chi connectivity index (χ1) is 10.1. The van der Waals surface area contributed by atoms with Crippen molar-refractivity contribution in [3.05, 3.63) is 21.6 Å². The van der Waals surface area contributed by atoms with E-state index in [-0.39, 0.29) is 17.7 Å². The van der Waals surface area contributed by atoms with Gasteiger partial charge in [0.25, 0.3) is 5.56 Å². The summed E-state index contributed by atoms with van der Waals surface area (Å²) in [4.78, 5) is 23.1. The van der Waals surface area contributed by atoms with Crippen LogP contribution in [0.2, 0.25) is 5.02 Å². The third-order valence-electron chi connectivity index (χ3n) is 3.30. The molecule has 7 nitrogen and oxygen atoms in total. The van der Waals surface area contributed by atoms with Crippen LogP contribution in [0.3, 0.4) is 0 Å². The molecule has 21 heavy (non-hydrogen) atoms. The minimum atomic E-state index is -0.556. The van der Waals surface area contributed by atoms with E-state index < -0.39 is 11.5 Å². The molecular formula is C13H18ClN3O4. The van der Waals surface area contributed by atoms with Crippen LogP contribution in [0.4, 0.5) is 5.69 Å². The van der Waals surface area contributed by atoms with E-state index in [2.05, 4.69) is 15.2 Å². The largest absolute Gasteiger partial charge is 0.468 e. The molecule has 1 atom stereocenters. The van der Waals surface area contributed by atoms with Crippen molar-refractivity contribution in [2.75, 3.05) is 25.6 Å². The monoisotopic (exact) mass is 315 g/mol. The number of methoxy groups -OCH3 is 1. The fourth-order valence-electron chi connectivity index (χ4n) is 2.13. The topological polar surface area (TPSA) is 82.5 Å². The molecule has 2 heterocycles. The molecule has 1 saturated heterocycles. The fourth-order valence-corrected chi connectivity index (χ4v) is 2.34. The van der Waals surface area contributed by atoms with E-state index in [1.807, 2.05) is 0 Å². The molecule has 0 spiro atoms. The number of nitrogens with zero attached hydrogens (tertiary/aromatic N) is 2. The average molecular weight is 316 g/mol. The standard InChI is InChI=1S/C13H18ClN3O4/c1-20-11(18)8-17-13(19)12(14)10(7-16-17)15-5-4-9-3-2-6-21-9/h7,9,15H,2-6,8H2,1H3. The normalized spacial score (nSPS) is 17.7. The Morgan fingerprint density at radius 1 is 1.67 bits per heavy atom. The highest BCUT2D eigenvalue weighted by Crippen LogP contribution is 2.18. The van der Waals surface area contributed by atoms with Crippen molar-refractivity contribution in [3.8, 4) is 0 Å². The number of hydrogen-bond acceptors (Lipinski definition) is 6. The van der Waals surface area contributed by atoms with Gasteiger partial charge in [-0.3, -0.25) is 9.59 Å². The summed E-state index contributed by atoms with van der Waals surface area (Å²) in [6, 6.07) is 0. The molecule has 1 aliphatic heterocycles. The molecule has 1 fully saturated rings. The van der Waals surface area contributed by atoms with Gasteiger partial charge in [0.1, 0.15) is 11.6 Å². The predicted molar refractivity (Wildman–Crippen MR) is 77.6 cm³/mol. The highest BCUT2D eigenvalue weighted by atomic mass is 35.5. The third kappa shape index (κ3) is 4.18. The van der Waals surface area contributed by atoms with Crippen LogP contribution in [-0.2, 0) is 20.8 Å². The number of carbonyl (C=O) groups excluding carboxylic acids is 1. The molecule has 0 aromatic carbocycles. The summed E-state index contributed by atoms with van der Waals surface area (Å²) in [6.45, 7) is 1.20. The van der Waals surface area contributed by atoms with E-state index in [1.165, 1.54) is 13.3 Å². The second-order valence-corrected chi connectivity index (χ2v) is 5.14. The lowest BCUT2D eigenvalue weighted by atomic mass is 10.2. The number of rotatable bonds is 6. The Labute approximate surface area is 127 Å². The molecule has 0 bridgehead atoms. The molecule has 1 aromatic rings. The second-order valence-electron chi connectivity index (χ2n) is 4.76. The maximum Gasteiger partial charge on any atom is 0.327 e. The number of nitrogens with one attached hydrogen (secondary N) is 1. The first kappa shape index (κ1) is 15.8. The van der Waals surface area contributed by atoms with Crippen LogP contribution < -0.4 is 10.9 Å². The maximum absolute atomic E-state index is 12.0. The van der Waals surface area contributed by atoms with Crippen molar-refractivity contribution in [3.63, 3.8) is 0 Å². The molecule has 0 saturated carbocycles. The Morgan fingerprint density at radius 2 is 2.48 bits per heavy atom. The zero-order valence-corrected chi connectivity index (χ0v) is 12.6. The molecule has 0 radical (unpaired) electrons. The Kier molecular flexibility index (Phi) is 5.58. The third-order valence-corrected chi connectivity index (χ3v) is 3.66. The number of ether oxygens (including phenoxy) is 2. The average Bonchev–Trinajstić information content (AvgIpc) is 2.99. The first-order valence-electron chi connectivity index (χ1n) is 6.79. The zero-order chi connectivity index (χ0) is 15.2. The molecule has 1 unspecified atom stereocenters. The number of carbonyl (C=O) groups is 1. The van der Waals surface area contributed by atoms with Crippen molar-refractivity contribution < 1.29 is 14.3 Å². The Balaban J connectivity index is 1.95. The highest BCUT2D eigenvalue weighted by Gasteiger charge is 2.16. The van der Waals surface area contributed by atoms with Crippen LogP contribution in [0, 0.1) is 0 Å². The summed E-state index contributed by atoms with van der Waals surface area (Å²) in [5.74, 6) is -0.556. The van der Waals surface area contributed by atoms with E-state index in [4.69, 9.17) is 16.3 Å². The van der Waals surface area contributed by atoms with Crippen molar-refractivity contribution >= 4 is 23.3 Å². The molecule has 1 aromatic heterocycles. The lowest BCUT2D eigenvalue weighted by molar-refractivity contribution is -0.141. The van der Waals surface area contributed by atoms with E-state index in [0.717, 1.165) is 30.6 Å². The molecular weight excluding hydrogens is 298 g/mol. The van der Waals surface area contributed by atoms with Gasteiger partial charge in [-0.2, -0.15) is 5.10 Å². The quantitative estimate of drug-likeness (QED) is 0.790. The fraction of sp³-hybridized carbons (Fsp3) is 0.615. The van der Waals surface area contributed by atoms with Crippen molar-refractivity contribution in [1.82, 2.24) is 9.78 Å².